The Morgan fingerprint density at radius 3 is 2.68 bits per heavy atom. The maximum Gasteiger partial charge on any atom is 0.253 e. The summed E-state index contributed by atoms with van der Waals surface area (Å²) in [5.74, 6) is 1.15. The standard InChI is InChI=1S/C17H22N2O4S2/c1-11-6-8-15(23-11)13(3)18-17(20)14-5-4-10-19(14)25(21,22)16-9-7-12(2)24-16/h6-9,13-14H,4-5,10H2,1-3H3,(H,18,20). The molecule has 25 heavy (non-hydrogen) atoms. The second kappa shape index (κ2) is 6.93. The number of nitrogens with zero attached hydrogens (tertiary/aromatic N) is 1. The third kappa shape index (κ3) is 3.65. The second-order valence-electron chi connectivity index (χ2n) is 6.32. The Kier molecular flexibility index (Phi) is 5.04. The molecule has 136 valence electrons. The number of nitrogens with one attached hydrogen (secondary N) is 1. The van der Waals surface area contributed by atoms with Crippen LogP contribution < -0.4 is 5.32 Å². The summed E-state index contributed by atoms with van der Waals surface area (Å²) in [6, 6.07) is 6.06. The lowest BCUT2D eigenvalue weighted by molar-refractivity contribution is -0.125. The van der Waals surface area contributed by atoms with Gasteiger partial charge in [-0.05, 0) is 57.9 Å². The molecular formula is C17H22N2O4S2. The number of amides is 1. The molecule has 0 aromatic carbocycles. The second-order valence-corrected chi connectivity index (χ2v) is 9.72. The van der Waals surface area contributed by atoms with Crippen molar-refractivity contribution in [3.05, 3.63) is 40.7 Å². The molecule has 2 unspecified atom stereocenters. The summed E-state index contributed by atoms with van der Waals surface area (Å²) in [6.07, 6.45) is 1.20. The zero-order valence-electron chi connectivity index (χ0n) is 14.5. The minimum absolute atomic E-state index is 0.282. The van der Waals surface area contributed by atoms with Crippen molar-refractivity contribution in [2.75, 3.05) is 6.54 Å². The van der Waals surface area contributed by atoms with Crippen molar-refractivity contribution in [2.45, 2.75) is 49.9 Å². The molecule has 2 aromatic rings. The van der Waals surface area contributed by atoms with Crippen LogP contribution in [-0.2, 0) is 14.8 Å². The molecule has 0 radical (unpaired) electrons. The van der Waals surface area contributed by atoms with Gasteiger partial charge >= 0.3 is 0 Å². The molecule has 3 heterocycles. The van der Waals surface area contributed by atoms with Crippen LogP contribution in [0.25, 0.3) is 0 Å². The third-order valence-corrected chi connectivity index (χ3v) is 7.71. The molecule has 1 saturated heterocycles. The van der Waals surface area contributed by atoms with Gasteiger partial charge in [-0.15, -0.1) is 11.3 Å². The fourth-order valence-electron chi connectivity index (χ4n) is 3.02. The zero-order valence-corrected chi connectivity index (χ0v) is 16.1. The highest BCUT2D eigenvalue weighted by Crippen LogP contribution is 2.30. The fraction of sp³-hybridized carbons (Fsp3) is 0.471. The molecule has 0 aliphatic carbocycles. The van der Waals surface area contributed by atoms with Gasteiger partial charge in [-0.25, -0.2) is 8.42 Å². The van der Waals surface area contributed by atoms with Gasteiger partial charge in [0.1, 0.15) is 21.8 Å². The topological polar surface area (TPSA) is 79.6 Å². The Balaban J connectivity index is 1.75. The van der Waals surface area contributed by atoms with E-state index in [0.29, 0.717) is 29.4 Å². The third-order valence-electron chi connectivity index (χ3n) is 4.33. The molecule has 6 nitrogen and oxygen atoms in total. The summed E-state index contributed by atoms with van der Waals surface area (Å²) < 4.78 is 32.9. The van der Waals surface area contributed by atoms with Gasteiger partial charge in [0.05, 0.1) is 6.04 Å². The maximum absolute atomic E-state index is 12.9. The first kappa shape index (κ1) is 18.2. The Morgan fingerprint density at radius 2 is 2.08 bits per heavy atom. The van der Waals surface area contributed by atoms with Gasteiger partial charge in [0.25, 0.3) is 10.0 Å². The van der Waals surface area contributed by atoms with Crippen molar-refractivity contribution in [3.63, 3.8) is 0 Å². The number of sulfonamides is 1. The monoisotopic (exact) mass is 382 g/mol. The number of rotatable bonds is 5. The van der Waals surface area contributed by atoms with E-state index in [-0.39, 0.29) is 11.9 Å². The van der Waals surface area contributed by atoms with Crippen LogP contribution in [0.15, 0.2) is 32.9 Å². The number of furan rings is 1. The number of hydrogen-bond donors (Lipinski definition) is 1. The van der Waals surface area contributed by atoms with Gasteiger partial charge < -0.3 is 9.73 Å². The maximum atomic E-state index is 12.9. The van der Waals surface area contributed by atoms with Crippen LogP contribution in [0.5, 0.6) is 0 Å². The molecule has 1 fully saturated rings. The zero-order chi connectivity index (χ0) is 18.2. The molecule has 3 rings (SSSR count). The average Bonchev–Trinajstić information content (AvgIpc) is 3.26. The van der Waals surface area contributed by atoms with E-state index in [1.807, 2.05) is 32.9 Å². The van der Waals surface area contributed by atoms with Crippen molar-refractivity contribution in [1.29, 1.82) is 0 Å². The van der Waals surface area contributed by atoms with E-state index >= 15 is 0 Å². The van der Waals surface area contributed by atoms with Crippen LogP contribution in [0.4, 0.5) is 0 Å². The van der Waals surface area contributed by atoms with Gasteiger partial charge in [0.15, 0.2) is 0 Å². The highest BCUT2D eigenvalue weighted by molar-refractivity contribution is 7.91. The Labute approximate surface area is 151 Å². The molecule has 1 aliphatic heterocycles. The molecule has 1 amide bonds. The minimum atomic E-state index is -3.64. The Morgan fingerprint density at radius 1 is 1.32 bits per heavy atom. The van der Waals surface area contributed by atoms with Crippen molar-refractivity contribution in [2.24, 2.45) is 0 Å². The van der Waals surface area contributed by atoms with Gasteiger partial charge in [0.2, 0.25) is 5.91 Å². The summed E-state index contributed by atoms with van der Waals surface area (Å²) >= 11 is 1.23. The smallest absolute Gasteiger partial charge is 0.253 e. The molecule has 0 spiro atoms. The first-order valence-corrected chi connectivity index (χ1v) is 10.5. The first-order chi connectivity index (χ1) is 11.8. The highest BCUT2D eigenvalue weighted by atomic mass is 32.2. The van der Waals surface area contributed by atoms with Crippen LogP contribution in [0, 0.1) is 13.8 Å². The van der Waals surface area contributed by atoms with Crippen LogP contribution in [-0.4, -0.2) is 31.2 Å². The summed E-state index contributed by atoms with van der Waals surface area (Å²) in [7, 11) is -3.64. The Bertz CT molecular complexity index is 869. The molecule has 1 aliphatic rings. The average molecular weight is 383 g/mol. The molecule has 2 aromatic heterocycles. The quantitative estimate of drug-likeness (QED) is 0.862. The van der Waals surface area contributed by atoms with E-state index in [4.69, 9.17) is 4.42 Å². The lowest BCUT2D eigenvalue weighted by Gasteiger charge is -2.24. The van der Waals surface area contributed by atoms with Gasteiger partial charge in [-0.1, -0.05) is 0 Å². The van der Waals surface area contributed by atoms with Crippen molar-refractivity contribution in [1.82, 2.24) is 9.62 Å². The predicted octanol–water partition coefficient (Wildman–Crippen LogP) is 2.99. The van der Waals surface area contributed by atoms with Crippen LogP contribution in [0.1, 0.15) is 42.2 Å². The molecule has 2 atom stereocenters. The minimum Gasteiger partial charge on any atom is -0.464 e. The summed E-state index contributed by atoms with van der Waals surface area (Å²) in [4.78, 5) is 13.6. The van der Waals surface area contributed by atoms with E-state index in [9.17, 15) is 13.2 Å². The fourth-order valence-corrected chi connectivity index (χ4v) is 6.09. The lowest BCUT2D eigenvalue weighted by atomic mass is 10.2. The highest BCUT2D eigenvalue weighted by Gasteiger charge is 2.40. The van der Waals surface area contributed by atoms with Crippen LogP contribution in [0.2, 0.25) is 0 Å². The molecular weight excluding hydrogens is 360 g/mol. The van der Waals surface area contributed by atoms with Crippen molar-refractivity contribution >= 4 is 27.3 Å². The number of aryl methyl sites for hydroxylation is 2. The molecule has 1 N–H and O–H groups in total. The summed E-state index contributed by atoms with van der Waals surface area (Å²) in [5.41, 5.74) is 0. The van der Waals surface area contributed by atoms with E-state index < -0.39 is 16.1 Å². The summed E-state index contributed by atoms with van der Waals surface area (Å²) in [6.45, 7) is 5.90. The summed E-state index contributed by atoms with van der Waals surface area (Å²) in [5, 5.41) is 2.87. The van der Waals surface area contributed by atoms with E-state index in [0.717, 1.165) is 10.6 Å². The van der Waals surface area contributed by atoms with Gasteiger partial charge in [0, 0.05) is 11.4 Å². The first-order valence-electron chi connectivity index (χ1n) is 8.24. The van der Waals surface area contributed by atoms with Crippen molar-refractivity contribution < 1.29 is 17.6 Å². The molecule has 0 saturated carbocycles. The normalized spacial score (nSPS) is 19.9. The number of carbonyl (C=O) groups is 1. The predicted molar refractivity (Wildman–Crippen MR) is 96.0 cm³/mol. The molecule has 0 bridgehead atoms. The SMILES string of the molecule is Cc1ccc(C(C)NC(=O)C2CCCN2S(=O)(=O)c2ccc(C)s2)o1. The van der Waals surface area contributed by atoms with E-state index in [2.05, 4.69) is 5.32 Å². The largest absolute Gasteiger partial charge is 0.464 e. The van der Waals surface area contributed by atoms with Gasteiger partial charge in [-0.3, -0.25) is 4.79 Å². The van der Waals surface area contributed by atoms with E-state index in [1.165, 1.54) is 15.6 Å². The van der Waals surface area contributed by atoms with E-state index in [1.54, 1.807) is 12.1 Å². The number of hydrogen-bond acceptors (Lipinski definition) is 5. The Hall–Kier alpha value is -1.64. The number of carbonyl (C=O) groups excluding carboxylic acids is 1. The lowest BCUT2D eigenvalue weighted by Crippen LogP contribution is -2.46. The number of thiophene rings is 1. The van der Waals surface area contributed by atoms with Crippen molar-refractivity contribution in [3.8, 4) is 0 Å². The van der Waals surface area contributed by atoms with Crippen LogP contribution in [0.3, 0.4) is 0 Å². The molecule has 8 heteroatoms. The van der Waals surface area contributed by atoms with Crippen LogP contribution >= 0.6 is 11.3 Å². The van der Waals surface area contributed by atoms with Gasteiger partial charge in [-0.2, -0.15) is 4.31 Å².